The third-order valence-electron chi connectivity index (χ3n) is 2.74. The number of nitrogens with two attached hydrogens (primary N) is 1. The van der Waals surface area contributed by atoms with Crippen molar-refractivity contribution in [2.75, 3.05) is 19.4 Å². The summed E-state index contributed by atoms with van der Waals surface area (Å²) in [5.41, 5.74) is 5.43. The number of anilines is 1. The van der Waals surface area contributed by atoms with E-state index in [1.807, 2.05) is 0 Å². The average molecular weight is 291 g/mol. The highest BCUT2D eigenvalue weighted by Crippen LogP contribution is 2.30. The SMILES string of the molecule is COC(=O)[C@@H]1CCCN1S(=O)(=O)c1cnc(N)s1. The molecule has 100 valence electrons. The number of sulfonamides is 1. The van der Waals surface area contributed by atoms with E-state index >= 15 is 0 Å². The van der Waals surface area contributed by atoms with Crippen molar-refractivity contribution in [3.8, 4) is 0 Å². The Balaban J connectivity index is 2.32. The lowest BCUT2D eigenvalue weighted by Crippen LogP contribution is -2.40. The molecule has 18 heavy (non-hydrogen) atoms. The highest BCUT2D eigenvalue weighted by molar-refractivity contribution is 7.91. The minimum absolute atomic E-state index is 0.0517. The van der Waals surface area contributed by atoms with Gasteiger partial charge >= 0.3 is 5.97 Å². The van der Waals surface area contributed by atoms with Crippen LogP contribution in [0.25, 0.3) is 0 Å². The standard InChI is InChI=1S/C9H13N3O4S2/c1-16-8(13)6-3-2-4-12(6)18(14,15)7-5-11-9(10)17-7/h5-6H,2-4H2,1H3,(H2,10,11)/t6-/m0/s1. The number of rotatable bonds is 3. The van der Waals surface area contributed by atoms with Gasteiger partial charge in [0.25, 0.3) is 10.0 Å². The molecule has 1 aromatic rings. The summed E-state index contributed by atoms with van der Waals surface area (Å²) in [5.74, 6) is -0.534. The number of carbonyl (C=O) groups is 1. The molecule has 9 heteroatoms. The molecule has 0 saturated carbocycles. The van der Waals surface area contributed by atoms with Gasteiger partial charge in [-0.25, -0.2) is 13.4 Å². The summed E-state index contributed by atoms with van der Waals surface area (Å²) in [4.78, 5) is 15.3. The monoisotopic (exact) mass is 291 g/mol. The summed E-state index contributed by atoms with van der Waals surface area (Å²) < 4.78 is 30.5. The first-order valence-electron chi connectivity index (χ1n) is 5.28. The zero-order chi connectivity index (χ0) is 13.3. The summed E-state index contributed by atoms with van der Waals surface area (Å²) in [6.07, 6.45) is 2.31. The molecular formula is C9H13N3O4S2. The van der Waals surface area contributed by atoms with Gasteiger partial charge in [0.05, 0.1) is 13.3 Å². The molecule has 1 aliphatic rings. The van der Waals surface area contributed by atoms with E-state index in [9.17, 15) is 13.2 Å². The maximum atomic E-state index is 12.3. The average Bonchev–Trinajstić information content (AvgIpc) is 2.96. The number of aromatic nitrogens is 1. The van der Waals surface area contributed by atoms with Crippen LogP contribution in [0.1, 0.15) is 12.8 Å². The molecule has 1 aromatic heterocycles. The van der Waals surface area contributed by atoms with Crippen LogP contribution in [0.2, 0.25) is 0 Å². The van der Waals surface area contributed by atoms with E-state index in [0.29, 0.717) is 19.4 Å². The Morgan fingerprint density at radius 3 is 2.94 bits per heavy atom. The number of nitrogen functional groups attached to an aromatic ring is 1. The number of hydrogen-bond donors (Lipinski definition) is 1. The smallest absolute Gasteiger partial charge is 0.324 e. The first-order valence-corrected chi connectivity index (χ1v) is 7.53. The third kappa shape index (κ3) is 2.20. The Labute approximate surface area is 109 Å². The molecule has 7 nitrogen and oxygen atoms in total. The lowest BCUT2D eigenvalue weighted by atomic mass is 10.2. The molecule has 0 aromatic carbocycles. The van der Waals surface area contributed by atoms with E-state index < -0.39 is 22.0 Å². The molecule has 0 spiro atoms. The van der Waals surface area contributed by atoms with Gasteiger partial charge < -0.3 is 10.5 Å². The largest absolute Gasteiger partial charge is 0.468 e. The van der Waals surface area contributed by atoms with Crippen molar-refractivity contribution < 1.29 is 17.9 Å². The third-order valence-corrected chi connectivity index (χ3v) is 5.91. The molecular weight excluding hydrogens is 278 g/mol. The zero-order valence-corrected chi connectivity index (χ0v) is 11.3. The van der Waals surface area contributed by atoms with Crippen molar-refractivity contribution in [1.29, 1.82) is 0 Å². The topological polar surface area (TPSA) is 103 Å². The summed E-state index contributed by atoms with van der Waals surface area (Å²) >= 11 is 0.888. The molecule has 2 N–H and O–H groups in total. The molecule has 2 rings (SSSR count). The van der Waals surface area contributed by atoms with E-state index in [2.05, 4.69) is 9.72 Å². The summed E-state index contributed by atoms with van der Waals surface area (Å²) in [6, 6.07) is -0.747. The van der Waals surface area contributed by atoms with Crippen molar-refractivity contribution in [2.24, 2.45) is 0 Å². The molecule has 0 aliphatic carbocycles. The summed E-state index contributed by atoms with van der Waals surface area (Å²) in [5, 5.41) is 0.183. The number of esters is 1. The van der Waals surface area contributed by atoms with Crippen molar-refractivity contribution >= 4 is 32.5 Å². The van der Waals surface area contributed by atoms with Gasteiger partial charge in [-0.3, -0.25) is 4.79 Å². The Kier molecular flexibility index (Phi) is 3.55. The van der Waals surface area contributed by atoms with Crippen LogP contribution in [0.4, 0.5) is 5.13 Å². The van der Waals surface area contributed by atoms with Gasteiger partial charge in [0.1, 0.15) is 6.04 Å². The number of thiazole rings is 1. The first kappa shape index (κ1) is 13.2. The molecule has 1 aliphatic heterocycles. The van der Waals surface area contributed by atoms with Gasteiger partial charge in [0, 0.05) is 6.54 Å². The number of nitrogens with zero attached hydrogens (tertiary/aromatic N) is 2. The predicted octanol–water partition coefficient (Wildman–Crippen LogP) is 0.0514. The van der Waals surface area contributed by atoms with E-state index in [1.165, 1.54) is 13.3 Å². The van der Waals surface area contributed by atoms with E-state index in [0.717, 1.165) is 15.6 Å². The highest BCUT2D eigenvalue weighted by atomic mass is 32.2. The molecule has 0 radical (unpaired) electrons. The van der Waals surface area contributed by atoms with Crippen LogP contribution < -0.4 is 5.73 Å². The maximum absolute atomic E-state index is 12.3. The Bertz CT molecular complexity index is 554. The Morgan fingerprint density at radius 1 is 1.67 bits per heavy atom. The second kappa shape index (κ2) is 4.82. The maximum Gasteiger partial charge on any atom is 0.324 e. The number of carbonyl (C=O) groups excluding carboxylic acids is 1. The van der Waals surface area contributed by atoms with Crippen LogP contribution in [-0.4, -0.2) is 43.4 Å². The summed E-state index contributed by atoms with van der Waals surface area (Å²) in [6.45, 7) is 0.305. The van der Waals surface area contributed by atoms with Crippen molar-refractivity contribution in [1.82, 2.24) is 9.29 Å². The molecule has 1 fully saturated rings. The van der Waals surface area contributed by atoms with Crippen molar-refractivity contribution in [3.05, 3.63) is 6.20 Å². The number of methoxy groups -OCH3 is 1. The van der Waals surface area contributed by atoms with E-state index in [1.54, 1.807) is 0 Å². The van der Waals surface area contributed by atoms with Crippen LogP contribution in [0, 0.1) is 0 Å². The molecule has 1 saturated heterocycles. The van der Waals surface area contributed by atoms with Gasteiger partial charge in [0.15, 0.2) is 9.34 Å². The zero-order valence-electron chi connectivity index (χ0n) is 9.70. The predicted molar refractivity (Wildman–Crippen MR) is 65.5 cm³/mol. The molecule has 2 heterocycles. The second-order valence-electron chi connectivity index (χ2n) is 3.81. The lowest BCUT2D eigenvalue weighted by molar-refractivity contribution is -0.144. The Morgan fingerprint density at radius 2 is 2.39 bits per heavy atom. The fourth-order valence-corrected chi connectivity index (χ4v) is 4.60. The van der Waals surface area contributed by atoms with E-state index in [4.69, 9.17) is 5.73 Å². The minimum atomic E-state index is -3.71. The van der Waals surface area contributed by atoms with Crippen LogP contribution in [0.5, 0.6) is 0 Å². The van der Waals surface area contributed by atoms with Crippen LogP contribution in [-0.2, 0) is 19.6 Å². The van der Waals surface area contributed by atoms with Crippen molar-refractivity contribution in [2.45, 2.75) is 23.1 Å². The Hall–Kier alpha value is -1.19. The minimum Gasteiger partial charge on any atom is -0.468 e. The number of hydrogen-bond acceptors (Lipinski definition) is 7. The second-order valence-corrected chi connectivity index (χ2v) is 6.99. The molecule has 0 unspecified atom stereocenters. The highest BCUT2D eigenvalue weighted by Gasteiger charge is 2.40. The van der Waals surface area contributed by atoms with Crippen LogP contribution >= 0.6 is 11.3 Å². The number of ether oxygens (including phenoxy) is 1. The normalized spacial score (nSPS) is 21.1. The van der Waals surface area contributed by atoms with Crippen LogP contribution in [0.15, 0.2) is 10.4 Å². The van der Waals surface area contributed by atoms with Gasteiger partial charge in [-0.05, 0) is 12.8 Å². The van der Waals surface area contributed by atoms with Crippen LogP contribution in [0.3, 0.4) is 0 Å². The van der Waals surface area contributed by atoms with Crippen molar-refractivity contribution in [3.63, 3.8) is 0 Å². The molecule has 0 amide bonds. The fourth-order valence-electron chi connectivity index (χ4n) is 1.91. The van der Waals surface area contributed by atoms with Gasteiger partial charge in [-0.2, -0.15) is 4.31 Å². The first-order chi connectivity index (χ1) is 8.46. The molecule has 1 atom stereocenters. The lowest BCUT2D eigenvalue weighted by Gasteiger charge is -2.20. The summed E-state index contributed by atoms with van der Waals surface area (Å²) in [7, 11) is -2.47. The quantitative estimate of drug-likeness (QED) is 0.789. The van der Waals surface area contributed by atoms with Gasteiger partial charge in [-0.15, -0.1) is 0 Å². The van der Waals surface area contributed by atoms with Gasteiger partial charge in [0.2, 0.25) is 0 Å². The fraction of sp³-hybridized carbons (Fsp3) is 0.556. The van der Waals surface area contributed by atoms with E-state index in [-0.39, 0.29) is 9.34 Å². The molecule has 0 bridgehead atoms. The van der Waals surface area contributed by atoms with Gasteiger partial charge in [-0.1, -0.05) is 11.3 Å².